The van der Waals surface area contributed by atoms with E-state index >= 15 is 0 Å². The molecule has 0 fully saturated rings. The number of carbonyl (C=O) groups excluding carboxylic acids is 1. The van der Waals surface area contributed by atoms with Gasteiger partial charge in [0.05, 0.1) is 5.71 Å². The van der Waals surface area contributed by atoms with Crippen molar-refractivity contribution in [2.24, 2.45) is 5.10 Å². The van der Waals surface area contributed by atoms with Crippen LogP contribution in [0.5, 0.6) is 0 Å². The van der Waals surface area contributed by atoms with Gasteiger partial charge in [-0.25, -0.2) is 10.2 Å². The van der Waals surface area contributed by atoms with E-state index < -0.39 is 6.03 Å². The second-order valence-corrected chi connectivity index (χ2v) is 4.57. The first-order valence-corrected chi connectivity index (χ1v) is 6.45. The second kappa shape index (κ2) is 6.73. The van der Waals surface area contributed by atoms with Gasteiger partial charge in [0, 0.05) is 10.7 Å². The molecule has 0 atom stereocenters. The zero-order valence-corrected chi connectivity index (χ0v) is 11.7. The van der Waals surface area contributed by atoms with E-state index in [-0.39, 0.29) is 0 Å². The molecule has 5 heteroatoms. The lowest BCUT2D eigenvalue weighted by molar-refractivity contribution is 0.252. The Morgan fingerprint density at radius 2 is 1.70 bits per heavy atom. The van der Waals surface area contributed by atoms with Crippen LogP contribution in [0.2, 0.25) is 5.02 Å². The average molecular weight is 288 g/mol. The molecule has 0 unspecified atom stereocenters. The Kier molecular flexibility index (Phi) is 4.74. The summed E-state index contributed by atoms with van der Waals surface area (Å²) in [5, 5.41) is 7.32. The Hall–Kier alpha value is -2.33. The fourth-order valence-corrected chi connectivity index (χ4v) is 1.70. The number of rotatable bonds is 3. The van der Waals surface area contributed by atoms with Crippen LogP contribution in [0.15, 0.2) is 59.7 Å². The predicted molar refractivity (Wildman–Crippen MR) is 82.3 cm³/mol. The smallest absolute Gasteiger partial charge is 0.307 e. The fraction of sp³-hybridized carbons (Fsp3) is 0.0667. The summed E-state index contributed by atoms with van der Waals surface area (Å²) in [6.45, 7) is 1.83. The maximum absolute atomic E-state index is 11.7. The van der Waals surface area contributed by atoms with E-state index in [1.165, 1.54) is 0 Å². The zero-order chi connectivity index (χ0) is 14.4. The standard InChI is InChI=1S/C15H14ClN3O/c1-11(12-5-3-2-4-6-12)18-19-15(20)17-14-9-7-13(16)8-10-14/h2-10H,1H3,(H2,17,19,20). The van der Waals surface area contributed by atoms with Gasteiger partial charge in [-0.15, -0.1) is 0 Å². The van der Waals surface area contributed by atoms with Crippen molar-refractivity contribution in [3.8, 4) is 0 Å². The molecule has 102 valence electrons. The Labute approximate surface area is 122 Å². The highest BCUT2D eigenvalue weighted by molar-refractivity contribution is 6.30. The molecular weight excluding hydrogens is 274 g/mol. The third kappa shape index (κ3) is 4.10. The molecule has 2 aromatic rings. The van der Waals surface area contributed by atoms with E-state index in [9.17, 15) is 4.79 Å². The number of urea groups is 1. The van der Waals surface area contributed by atoms with Gasteiger partial charge in [-0.1, -0.05) is 41.9 Å². The lowest BCUT2D eigenvalue weighted by Gasteiger charge is -2.05. The number of anilines is 1. The molecule has 0 spiro atoms. The molecule has 0 radical (unpaired) electrons. The minimum absolute atomic E-state index is 0.400. The monoisotopic (exact) mass is 287 g/mol. The molecule has 0 heterocycles. The van der Waals surface area contributed by atoms with Crippen molar-refractivity contribution in [3.63, 3.8) is 0 Å². The summed E-state index contributed by atoms with van der Waals surface area (Å²) >= 11 is 5.77. The first kappa shape index (κ1) is 14.1. The molecule has 20 heavy (non-hydrogen) atoms. The van der Waals surface area contributed by atoms with Crippen molar-refractivity contribution >= 4 is 29.0 Å². The number of halogens is 1. The van der Waals surface area contributed by atoms with Crippen molar-refractivity contribution in [2.45, 2.75) is 6.92 Å². The van der Waals surface area contributed by atoms with Crippen LogP contribution in [0.1, 0.15) is 12.5 Å². The second-order valence-electron chi connectivity index (χ2n) is 4.14. The molecular formula is C15H14ClN3O. The third-order valence-electron chi connectivity index (χ3n) is 2.62. The van der Waals surface area contributed by atoms with Gasteiger partial charge >= 0.3 is 6.03 Å². The lowest BCUT2D eigenvalue weighted by atomic mass is 10.1. The summed E-state index contributed by atoms with van der Waals surface area (Å²) in [6, 6.07) is 16.1. The first-order valence-electron chi connectivity index (χ1n) is 6.07. The highest BCUT2D eigenvalue weighted by atomic mass is 35.5. The largest absolute Gasteiger partial charge is 0.339 e. The van der Waals surface area contributed by atoms with E-state index in [1.54, 1.807) is 24.3 Å². The fourth-order valence-electron chi connectivity index (χ4n) is 1.57. The average Bonchev–Trinajstić information content (AvgIpc) is 2.48. The number of nitrogens with zero attached hydrogens (tertiary/aromatic N) is 1. The van der Waals surface area contributed by atoms with Gasteiger partial charge < -0.3 is 5.32 Å². The number of hydrogen-bond donors (Lipinski definition) is 2. The van der Waals surface area contributed by atoms with Gasteiger partial charge in [-0.2, -0.15) is 5.10 Å². The van der Waals surface area contributed by atoms with Gasteiger partial charge in [0.15, 0.2) is 0 Å². The number of carbonyl (C=O) groups is 1. The minimum atomic E-state index is -0.400. The van der Waals surface area contributed by atoms with Gasteiger partial charge in [-0.05, 0) is 36.8 Å². The van der Waals surface area contributed by atoms with Crippen molar-refractivity contribution < 1.29 is 4.79 Å². The molecule has 0 bridgehead atoms. The number of hydrogen-bond acceptors (Lipinski definition) is 2. The Balaban J connectivity index is 1.93. The van der Waals surface area contributed by atoms with Crippen molar-refractivity contribution in [1.82, 2.24) is 5.43 Å². The SMILES string of the molecule is CC(=NNC(=O)Nc1ccc(Cl)cc1)c1ccccc1. The molecule has 0 saturated carbocycles. The van der Waals surface area contributed by atoms with E-state index in [4.69, 9.17) is 11.6 Å². The molecule has 0 aliphatic rings. The number of amides is 2. The van der Waals surface area contributed by atoms with Gasteiger partial charge in [0.1, 0.15) is 0 Å². The number of hydrazone groups is 1. The molecule has 0 aromatic heterocycles. The van der Waals surface area contributed by atoms with Crippen LogP contribution >= 0.6 is 11.6 Å². The summed E-state index contributed by atoms with van der Waals surface area (Å²) < 4.78 is 0. The topological polar surface area (TPSA) is 53.5 Å². The van der Waals surface area contributed by atoms with Crippen LogP contribution in [-0.2, 0) is 0 Å². The predicted octanol–water partition coefficient (Wildman–Crippen LogP) is 3.89. The molecule has 0 aliphatic heterocycles. The van der Waals surface area contributed by atoms with E-state index in [0.29, 0.717) is 10.7 Å². The summed E-state index contributed by atoms with van der Waals surface area (Å²) in [7, 11) is 0. The van der Waals surface area contributed by atoms with Crippen LogP contribution in [0.25, 0.3) is 0 Å². The highest BCUT2D eigenvalue weighted by Crippen LogP contribution is 2.13. The number of benzene rings is 2. The van der Waals surface area contributed by atoms with Crippen molar-refractivity contribution in [2.75, 3.05) is 5.32 Å². The summed E-state index contributed by atoms with van der Waals surface area (Å²) in [4.78, 5) is 11.7. The Morgan fingerprint density at radius 3 is 2.35 bits per heavy atom. The summed E-state index contributed by atoms with van der Waals surface area (Å²) in [5.41, 5.74) is 4.79. The van der Waals surface area contributed by atoms with Gasteiger partial charge in [0.25, 0.3) is 0 Å². The van der Waals surface area contributed by atoms with Crippen LogP contribution in [0.4, 0.5) is 10.5 Å². The molecule has 2 amide bonds. The third-order valence-corrected chi connectivity index (χ3v) is 2.87. The van der Waals surface area contributed by atoms with Crippen molar-refractivity contribution in [1.29, 1.82) is 0 Å². The summed E-state index contributed by atoms with van der Waals surface area (Å²) in [5.74, 6) is 0. The van der Waals surface area contributed by atoms with Crippen LogP contribution in [-0.4, -0.2) is 11.7 Å². The summed E-state index contributed by atoms with van der Waals surface area (Å²) in [6.07, 6.45) is 0. The zero-order valence-electron chi connectivity index (χ0n) is 10.9. The maximum Gasteiger partial charge on any atom is 0.339 e. The normalized spacial score (nSPS) is 11.0. The van der Waals surface area contributed by atoms with Crippen LogP contribution in [0.3, 0.4) is 0 Å². The van der Waals surface area contributed by atoms with Crippen molar-refractivity contribution in [3.05, 3.63) is 65.2 Å². The molecule has 0 saturated heterocycles. The van der Waals surface area contributed by atoms with Crippen LogP contribution in [0, 0.1) is 0 Å². The Bertz CT molecular complexity index is 609. The first-order chi connectivity index (χ1) is 9.65. The number of nitrogens with one attached hydrogen (secondary N) is 2. The maximum atomic E-state index is 11.7. The molecule has 0 aliphatic carbocycles. The molecule has 2 N–H and O–H groups in total. The van der Waals surface area contributed by atoms with E-state index in [0.717, 1.165) is 11.3 Å². The van der Waals surface area contributed by atoms with E-state index in [1.807, 2.05) is 37.3 Å². The highest BCUT2D eigenvalue weighted by Gasteiger charge is 2.01. The Morgan fingerprint density at radius 1 is 1.05 bits per heavy atom. The van der Waals surface area contributed by atoms with E-state index in [2.05, 4.69) is 15.8 Å². The molecule has 4 nitrogen and oxygen atoms in total. The lowest BCUT2D eigenvalue weighted by Crippen LogP contribution is -2.25. The van der Waals surface area contributed by atoms with Gasteiger partial charge in [0.2, 0.25) is 0 Å². The molecule has 2 aromatic carbocycles. The van der Waals surface area contributed by atoms with Gasteiger partial charge in [-0.3, -0.25) is 0 Å². The quantitative estimate of drug-likeness (QED) is 0.653. The molecule has 2 rings (SSSR count). The minimum Gasteiger partial charge on any atom is -0.307 e. The van der Waals surface area contributed by atoms with Crippen LogP contribution < -0.4 is 10.7 Å².